The van der Waals surface area contributed by atoms with Gasteiger partial charge in [0.15, 0.2) is 0 Å². The van der Waals surface area contributed by atoms with Crippen LogP contribution in [0.2, 0.25) is 0 Å². The molecule has 0 aliphatic carbocycles. The highest BCUT2D eigenvalue weighted by molar-refractivity contribution is 5.92. The molecule has 0 aromatic heterocycles. The molecule has 0 aliphatic rings. The van der Waals surface area contributed by atoms with Crippen LogP contribution >= 0.6 is 0 Å². The second-order valence-corrected chi connectivity index (χ2v) is 3.95. The number of rotatable bonds is 6. The zero-order valence-corrected chi connectivity index (χ0v) is 12.0. The summed E-state index contributed by atoms with van der Waals surface area (Å²) < 4.78 is 10.4. The smallest absolute Gasteiger partial charge is 0.246 e. The first-order valence-corrected chi connectivity index (χ1v) is 6.35. The molecule has 1 rings (SSSR count). The van der Waals surface area contributed by atoms with E-state index in [1.807, 2.05) is 26.0 Å². The molecular formula is C15H21NO3. The van der Waals surface area contributed by atoms with Gasteiger partial charge in [-0.1, -0.05) is 0 Å². The summed E-state index contributed by atoms with van der Waals surface area (Å²) in [6, 6.07) is 5.50. The van der Waals surface area contributed by atoms with Gasteiger partial charge in [-0.3, -0.25) is 4.79 Å². The van der Waals surface area contributed by atoms with Crippen LogP contribution in [-0.2, 0) is 4.79 Å². The third-order valence-electron chi connectivity index (χ3n) is 2.92. The summed E-state index contributed by atoms with van der Waals surface area (Å²) in [6.07, 6.45) is 3.33. The Kier molecular flexibility index (Phi) is 5.93. The molecule has 0 heterocycles. The summed E-state index contributed by atoms with van der Waals surface area (Å²) in [6.45, 7) is 5.34. The minimum Gasteiger partial charge on any atom is -0.497 e. The van der Waals surface area contributed by atoms with Gasteiger partial charge in [-0.15, -0.1) is 0 Å². The fourth-order valence-corrected chi connectivity index (χ4v) is 1.76. The fourth-order valence-electron chi connectivity index (χ4n) is 1.76. The van der Waals surface area contributed by atoms with Gasteiger partial charge in [-0.25, -0.2) is 0 Å². The predicted molar refractivity (Wildman–Crippen MR) is 76.5 cm³/mol. The minimum atomic E-state index is 0.00266. The van der Waals surface area contributed by atoms with Gasteiger partial charge in [-0.05, 0) is 32.1 Å². The third kappa shape index (κ3) is 4.02. The van der Waals surface area contributed by atoms with Crippen molar-refractivity contribution < 1.29 is 14.3 Å². The highest BCUT2D eigenvalue weighted by Crippen LogP contribution is 2.25. The van der Waals surface area contributed by atoms with Crippen molar-refractivity contribution in [2.75, 3.05) is 27.3 Å². The summed E-state index contributed by atoms with van der Waals surface area (Å²) in [4.78, 5) is 13.6. The monoisotopic (exact) mass is 263 g/mol. The van der Waals surface area contributed by atoms with Gasteiger partial charge in [0, 0.05) is 30.8 Å². The lowest BCUT2D eigenvalue weighted by Crippen LogP contribution is -2.28. The molecule has 1 aromatic rings. The molecular weight excluding hydrogens is 242 g/mol. The number of amides is 1. The second kappa shape index (κ2) is 7.46. The lowest BCUT2D eigenvalue weighted by molar-refractivity contribution is -0.125. The molecule has 0 N–H and O–H groups in total. The SMILES string of the molecule is CCN(CC)C(=O)C=Cc1ccc(OC)cc1OC. The molecule has 0 bridgehead atoms. The Bertz CT molecular complexity index is 451. The van der Waals surface area contributed by atoms with E-state index in [9.17, 15) is 4.79 Å². The highest BCUT2D eigenvalue weighted by atomic mass is 16.5. The van der Waals surface area contributed by atoms with Crippen molar-refractivity contribution in [2.45, 2.75) is 13.8 Å². The first kappa shape index (κ1) is 15.1. The maximum Gasteiger partial charge on any atom is 0.246 e. The molecule has 0 fully saturated rings. The molecule has 0 spiro atoms. The Labute approximate surface area is 114 Å². The molecule has 19 heavy (non-hydrogen) atoms. The van der Waals surface area contributed by atoms with Crippen LogP contribution in [0.15, 0.2) is 24.3 Å². The number of benzene rings is 1. The van der Waals surface area contributed by atoms with Gasteiger partial charge in [0.1, 0.15) is 11.5 Å². The number of hydrogen-bond donors (Lipinski definition) is 0. The summed E-state index contributed by atoms with van der Waals surface area (Å²) in [5.41, 5.74) is 0.851. The van der Waals surface area contributed by atoms with Crippen LogP contribution in [0, 0.1) is 0 Å². The first-order valence-electron chi connectivity index (χ1n) is 6.35. The molecule has 0 saturated carbocycles. The van der Waals surface area contributed by atoms with Crippen molar-refractivity contribution in [1.82, 2.24) is 4.90 Å². The largest absolute Gasteiger partial charge is 0.497 e. The molecule has 1 amide bonds. The van der Waals surface area contributed by atoms with Crippen LogP contribution in [0.5, 0.6) is 11.5 Å². The maximum atomic E-state index is 11.9. The van der Waals surface area contributed by atoms with Gasteiger partial charge >= 0.3 is 0 Å². The second-order valence-electron chi connectivity index (χ2n) is 3.95. The normalized spacial score (nSPS) is 10.5. The lowest BCUT2D eigenvalue weighted by Gasteiger charge is -2.16. The van der Waals surface area contributed by atoms with Gasteiger partial charge in [0.2, 0.25) is 5.91 Å². The van der Waals surface area contributed by atoms with Crippen LogP contribution in [-0.4, -0.2) is 38.1 Å². The molecule has 0 atom stereocenters. The number of likely N-dealkylation sites (N-methyl/N-ethyl adjacent to an activating group) is 1. The number of ether oxygens (including phenoxy) is 2. The summed E-state index contributed by atoms with van der Waals surface area (Å²) in [5, 5.41) is 0. The number of carbonyl (C=O) groups excluding carboxylic acids is 1. The average Bonchev–Trinajstić information content (AvgIpc) is 2.46. The Hall–Kier alpha value is -1.97. The van der Waals surface area contributed by atoms with Crippen LogP contribution in [0.25, 0.3) is 6.08 Å². The molecule has 0 aliphatic heterocycles. The zero-order valence-electron chi connectivity index (χ0n) is 12.0. The molecule has 0 unspecified atom stereocenters. The third-order valence-corrected chi connectivity index (χ3v) is 2.92. The molecule has 104 valence electrons. The van der Waals surface area contributed by atoms with E-state index in [1.54, 1.807) is 37.3 Å². The van der Waals surface area contributed by atoms with Crippen molar-refractivity contribution in [3.8, 4) is 11.5 Å². The van der Waals surface area contributed by atoms with Crippen LogP contribution in [0.3, 0.4) is 0 Å². The van der Waals surface area contributed by atoms with E-state index in [2.05, 4.69) is 0 Å². The van der Waals surface area contributed by atoms with Crippen LogP contribution in [0.4, 0.5) is 0 Å². The van der Waals surface area contributed by atoms with E-state index in [0.717, 1.165) is 11.3 Å². The Morgan fingerprint density at radius 2 is 1.89 bits per heavy atom. The van der Waals surface area contributed by atoms with E-state index < -0.39 is 0 Å². The quantitative estimate of drug-likeness (QED) is 0.740. The van der Waals surface area contributed by atoms with Crippen molar-refractivity contribution in [2.24, 2.45) is 0 Å². The topological polar surface area (TPSA) is 38.8 Å². The molecule has 0 radical (unpaired) electrons. The first-order chi connectivity index (χ1) is 9.15. The fraction of sp³-hybridized carbons (Fsp3) is 0.400. The highest BCUT2D eigenvalue weighted by Gasteiger charge is 2.06. The standard InChI is InChI=1S/C15H21NO3/c1-5-16(6-2)15(17)10-8-12-7-9-13(18-3)11-14(12)19-4/h7-11H,5-6H2,1-4H3. The Balaban J connectivity index is 2.89. The van der Waals surface area contributed by atoms with E-state index in [4.69, 9.17) is 9.47 Å². The summed E-state index contributed by atoms with van der Waals surface area (Å²) >= 11 is 0. The Morgan fingerprint density at radius 1 is 1.21 bits per heavy atom. The van der Waals surface area contributed by atoms with Crippen LogP contribution in [0.1, 0.15) is 19.4 Å². The minimum absolute atomic E-state index is 0.00266. The number of methoxy groups -OCH3 is 2. The van der Waals surface area contributed by atoms with Crippen molar-refractivity contribution in [3.63, 3.8) is 0 Å². The van der Waals surface area contributed by atoms with E-state index in [1.165, 1.54) is 0 Å². The summed E-state index contributed by atoms with van der Waals surface area (Å²) in [5.74, 6) is 1.41. The van der Waals surface area contributed by atoms with Crippen molar-refractivity contribution in [1.29, 1.82) is 0 Å². The summed E-state index contributed by atoms with van der Waals surface area (Å²) in [7, 11) is 3.20. The van der Waals surface area contributed by atoms with E-state index in [-0.39, 0.29) is 5.91 Å². The number of carbonyl (C=O) groups is 1. The molecule has 4 heteroatoms. The average molecular weight is 263 g/mol. The molecule has 1 aromatic carbocycles. The zero-order chi connectivity index (χ0) is 14.3. The van der Waals surface area contributed by atoms with Gasteiger partial charge in [-0.2, -0.15) is 0 Å². The predicted octanol–water partition coefficient (Wildman–Crippen LogP) is 2.59. The molecule has 4 nitrogen and oxygen atoms in total. The van der Waals surface area contributed by atoms with E-state index in [0.29, 0.717) is 18.8 Å². The lowest BCUT2D eigenvalue weighted by atomic mass is 10.1. The number of nitrogens with zero attached hydrogens (tertiary/aromatic N) is 1. The van der Waals surface area contributed by atoms with Gasteiger partial charge in [0.05, 0.1) is 14.2 Å². The van der Waals surface area contributed by atoms with Crippen molar-refractivity contribution >= 4 is 12.0 Å². The number of hydrogen-bond acceptors (Lipinski definition) is 3. The van der Waals surface area contributed by atoms with E-state index >= 15 is 0 Å². The molecule has 0 saturated heterocycles. The van der Waals surface area contributed by atoms with Gasteiger partial charge in [0.25, 0.3) is 0 Å². The van der Waals surface area contributed by atoms with Crippen LogP contribution < -0.4 is 9.47 Å². The van der Waals surface area contributed by atoms with Gasteiger partial charge < -0.3 is 14.4 Å². The maximum absolute atomic E-state index is 11.9. The van der Waals surface area contributed by atoms with Crippen molar-refractivity contribution in [3.05, 3.63) is 29.8 Å². The Morgan fingerprint density at radius 3 is 2.42 bits per heavy atom.